The fraction of sp³-hybridized carbons (Fsp3) is 0.316. The Kier molecular flexibility index (Phi) is 5.47. The van der Waals surface area contributed by atoms with Crippen LogP contribution in [-0.2, 0) is 16.6 Å². The van der Waals surface area contributed by atoms with Gasteiger partial charge < -0.3 is 15.8 Å². The third-order valence-corrected chi connectivity index (χ3v) is 5.16. The maximum Gasteiger partial charge on any atom is 0.344 e. The summed E-state index contributed by atoms with van der Waals surface area (Å²) in [7, 11) is -3.86. The van der Waals surface area contributed by atoms with Gasteiger partial charge in [0.2, 0.25) is 0 Å². The lowest BCUT2D eigenvalue weighted by atomic mass is 10.0. The van der Waals surface area contributed by atoms with Crippen LogP contribution in [-0.4, -0.2) is 37.3 Å². The molecule has 1 aliphatic rings. The van der Waals surface area contributed by atoms with Crippen LogP contribution in [0.2, 0.25) is 0 Å². The number of rotatable bonds is 6. The molecule has 0 saturated heterocycles. The molecule has 3 rings (SSSR count). The summed E-state index contributed by atoms with van der Waals surface area (Å²) >= 11 is 0. The van der Waals surface area contributed by atoms with Crippen molar-refractivity contribution in [1.82, 2.24) is 10.3 Å². The number of nitrogens with zero attached hydrogens (tertiary/aromatic N) is 2. The number of aryl methyl sites for hydroxylation is 1. The first-order chi connectivity index (χ1) is 13.6. The molecular formula is C19H23N5O4S. The van der Waals surface area contributed by atoms with Gasteiger partial charge in [0.25, 0.3) is 5.91 Å². The van der Waals surface area contributed by atoms with E-state index in [9.17, 15) is 13.2 Å². The Morgan fingerprint density at radius 1 is 1.28 bits per heavy atom. The van der Waals surface area contributed by atoms with Gasteiger partial charge in [-0.15, -0.1) is 4.40 Å². The number of carbonyl (C=O) groups is 1. The number of carbonyl (C=O) groups excluding carboxylic acids is 1. The third kappa shape index (κ3) is 4.65. The number of benzene rings is 1. The van der Waals surface area contributed by atoms with Gasteiger partial charge in [-0.05, 0) is 44.5 Å². The van der Waals surface area contributed by atoms with E-state index in [4.69, 9.17) is 10.5 Å². The van der Waals surface area contributed by atoms with Crippen molar-refractivity contribution in [2.75, 3.05) is 11.3 Å². The maximum atomic E-state index is 12.7. The largest absolute Gasteiger partial charge is 0.490 e. The van der Waals surface area contributed by atoms with E-state index in [2.05, 4.69) is 19.4 Å². The zero-order valence-electron chi connectivity index (χ0n) is 16.4. The number of fused-ring (bicyclic) bond motifs is 1. The molecule has 1 aromatic heterocycles. The smallest absolute Gasteiger partial charge is 0.344 e. The van der Waals surface area contributed by atoms with Crippen LogP contribution < -0.4 is 20.5 Å². The van der Waals surface area contributed by atoms with Crippen LogP contribution >= 0.6 is 0 Å². The van der Waals surface area contributed by atoms with Gasteiger partial charge in [0, 0.05) is 6.20 Å². The van der Waals surface area contributed by atoms with E-state index in [1.54, 1.807) is 36.5 Å². The maximum absolute atomic E-state index is 12.7. The minimum absolute atomic E-state index is 0.122. The summed E-state index contributed by atoms with van der Waals surface area (Å²) in [6.07, 6.45) is 2.30. The Hall–Kier alpha value is -3.14. The number of hydrogen-bond donors (Lipinski definition) is 3. The Morgan fingerprint density at radius 3 is 2.76 bits per heavy atom. The van der Waals surface area contributed by atoms with E-state index in [1.165, 1.54) is 0 Å². The van der Waals surface area contributed by atoms with Crippen molar-refractivity contribution in [3.8, 4) is 5.75 Å². The lowest BCUT2D eigenvalue weighted by Crippen LogP contribution is -2.48. The molecule has 9 nitrogen and oxygen atoms in total. The SMILES string of the molecule is CCc1ncccc1C(=O)NC(C)(C)COc1cccc2c1C(N)=NS(=O)(=O)N2. The van der Waals surface area contributed by atoms with Gasteiger partial charge in [-0.3, -0.25) is 14.5 Å². The first kappa shape index (κ1) is 20.6. The molecule has 4 N–H and O–H groups in total. The second-order valence-corrected chi connectivity index (χ2v) is 8.55. The summed E-state index contributed by atoms with van der Waals surface area (Å²) in [4.78, 5) is 16.9. The molecule has 0 bridgehead atoms. The average Bonchev–Trinajstić information content (AvgIpc) is 2.64. The fourth-order valence-corrected chi connectivity index (χ4v) is 3.78. The van der Waals surface area contributed by atoms with Crippen LogP contribution in [0.25, 0.3) is 0 Å². The fourth-order valence-electron chi connectivity index (χ4n) is 2.93. The van der Waals surface area contributed by atoms with E-state index in [1.807, 2.05) is 20.8 Å². The zero-order valence-corrected chi connectivity index (χ0v) is 17.2. The Bertz CT molecular complexity index is 1080. The second-order valence-electron chi connectivity index (χ2n) is 7.21. The highest BCUT2D eigenvalue weighted by atomic mass is 32.2. The molecule has 29 heavy (non-hydrogen) atoms. The Morgan fingerprint density at radius 2 is 2.03 bits per heavy atom. The average molecular weight is 417 g/mol. The first-order valence-corrected chi connectivity index (χ1v) is 10.5. The van der Waals surface area contributed by atoms with E-state index < -0.39 is 15.7 Å². The Labute approximate surface area is 169 Å². The van der Waals surface area contributed by atoms with Gasteiger partial charge in [0.05, 0.1) is 28.0 Å². The standard InChI is InChI=1S/C19H23N5O4S/c1-4-13-12(7-6-10-21-13)18(25)22-19(2,3)11-28-15-9-5-8-14-16(15)17(20)24-29(26,27)23-14/h5-10,23H,4,11H2,1-3H3,(H2,20,24)(H,22,25). The summed E-state index contributed by atoms with van der Waals surface area (Å²) in [5.74, 6) is -0.0317. The molecule has 1 amide bonds. The molecule has 1 aliphatic heterocycles. The topological polar surface area (TPSA) is 136 Å². The van der Waals surface area contributed by atoms with Crippen molar-refractivity contribution in [2.45, 2.75) is 32.7 Å². The summed E-state index contributed by atoms with van der Waals surface area (Å²) in [5.41, 5.74) is 7.00. The Balaban J connectivity index is 1.76. The number of nitrogens with two attached hydrogens (primary N) is 1. The summed E-state index contributed by atoms with van der Waals surface area (Å²) < 4.78 is 35.0. The van der Waals surface area contributed by atoms with Crippen molar-refractivity contribution in [3.05, 3.63) is 53.3 Å². The molecular weight excluding hydrogens is 394 g/mol. The number of aromatic nitrogens is 1. The van der Waals surface area contributed by atoms with Crippen LogP contribution in [0.4, 0.5) is 5.69 Å². The molecule has 0 fully saturated rings. The van der Waals surface area contributed by atoms with E-state index >= 15 is 0 Å². The third-order valence-electron chi connectivity index (χ3n) is 4.25. The van der Waals surface area contributed by atoms with E-state index in [0.717, 1.165) is 5.69 Å². The highest BCUT2D eigenvalue weighted by Crippen LogP contribution is 2.30. The number of anilines is 1. The van der Waals surface area contributed by atoms with Crippen molar-refractivity contribution < 1.29 is 17.9 Å². The molecule has 2 aromatic rings. The number of nitrogens with one attached hydrogen (secondary N) is 2. The minimum Gasteiger partial charge on any atom is -0.490 e. The van der Waals surface area contributed by atoms with Crippen LogP contribution in [0.1, 0.15) is 42.4 Å². The molecule has 10 heteroatoms. The predicted octanol–water partition coefficient (Wildman–Crippen LogP) is 1.61. The summed E-state index contributed by atoms with van der Waals surface area (Å²) in [6.45, 7) is 5.70. The van der Waals surface area contributed by atoms with Crippen molar-refractivity contribution in [2.24, 2.45) is 10.1 Å². The van der Waals surface area contributed by atoms with Crippen LogP contribution in [0.15, 0.2) is 40.9 Å². The monoisotopic (exact) mass is 417 g/mol. The second kappa shape index (κ2) is 7.70. The quantitative estimate of drug-likeness (QED) is 0.653. The summed E-state index contributed by atoms with van der Waals surface area (Å²) in [5, 5.41) is 2.94. The van der Waals surface area contributed by atoms with Crippen molar-refractivity contribution >= 4 is 27.6 Å². The first-order valence-electron chi connectivity index (χ1n) is 9.02. The highest BCUT2D eigenvalue weighted by molar-refractivity contribution is 7.91. The molecule has 0 aliphatic carbocycles. The van der Waals surface area contributed by atoms with Gasteiger partial charge in [0.1, 0.15) is 12.4 Å². The molecule has 0 saturated carbocycles. The van der Waals surface area contributed by atoms with Gasteiger partial charge in [-0.1, -0.05) is 13.0 Å². The number of ether oxygens (including phenoxy) is 1. The van der Waals surface area contributed by atoms with Crippen LogP contribution in [0.3, 0.4) is 0 Å². The van der Waals surface area contributed by atoms with Crippen LogP contribution in [0.5, 0.6) is 5.75 Å². The van der Waals surface area contributed by atoms with Crippen molar-refractivity contribution in [1.29, 1.82) is 0 Å². The minimum atomic E-state index is -3.86. The molecule has 0 spiro atoms. The number of pyridine rings is 1. The van der Waals surface area contributed by atoms with Gasteiger partial charge >= 0.3 is 10.2 Å². The molecule has 0 radical (unpaired) electrons. The molecule has 0 unspecified atom stereocenters. The molecule has 154 valence electrons. The molecule has 2 heterocycles. The van der Waals surface area contributed by atoms with Gasteiger partial charge in [-0.25, -0.2) is 0 Å². The van der Waals surface area contributed by atoms with E-state index in [0.29, 0.717) is 29.0 Å². The van der Waals surface area contributed by atoms with Gasteiger partial charge in [0.15, 0.2) is 5.84 Å². The number of amidine groups is 1. The number of hydrogen-bond acceptors (Lipinski definition) is 6. The number of amides is 1. The molecule has 0 atom stereocenters. The lowest BCUT2D eigenvalue weighted by molar-refractivity contribution is 0.0879. The normalized spacial score (nSPS) is 14.9. The van der Waals surface area contributed by atoms with E-state index in [-0.39, 0.29) is 18.3 Å². The van der Waals surface area contributed by atoms with Crippen molar-refractivity contribution in [3.63, 3.8) is 0 Å². The zero-order chi connectivity index (χ0) is 21.2. The predicted molar refractivity (Wildman–Crippen MR) is 110 cm³/mol. The highest BCUT2D eigenvalue weighted by Gasteiger charge is 2.27. The molecule has 1 aromatic carbocycles. The van der Waals surface area contributed by atoms with Crippen LogP contribution in [0, 0.1) is 0 Å². The lowest BCUT2D eigenvalue weighted by Gasteiger charge is -2.28. The summed E-state index contributed by atoms with van der Waals surface area (Å²) in [6, 6.07) is 8.33. The van der Waals surface area contributed by atoms with Gasteiger partial charge in [-0.2, -0.15) is 8.42 Å².